The maximum atomic E-state index is 12.8. The topological polar surface area (TPSA) is 85.2 Å². The number of rotatable bonds is 5. The molecule has 0 aliphatic heterocycles. The molecule has 0 fully saturated rings. The fourth-order valence-corrected chi connectivity index (χ4v) is 3.29. The first-order valence-electron chi connectivity index (χ1n) is 8.29. The second-order valence-electron chi connectivity index (χ2n) is 6.31. The summed E-state index contributed by atoms with van der Waals surface area (Å²) in [4.78, 5) is 22.9. The number of carbonyl (C=O) groups is 1. The highest BCUT2D eigenvalue weighted by molar-refractivity contribution is 7.90. The molecule has 1 unspecified atom stereocenters. The Hall–Kier alpha value is -3.00. The number of benzene rings is 1. The van der Waals surface area contributed by atoms with Gasteiger partial charge in [-0.15, -0.1) is 0 Å². The third-order valence-electron chi connectivity index (χ3n) is 4.46. The number of amides is 1. The fourth-order valence-electron chi connectivity index (χ4n) is 2.66. The van der Waals surface area contributed by atoms with E-state index in [9.17, 15) is 13.2 Å². The van der Waals surface area contributed by atoms with E-state index in [1.54, 1.807) is 71.6 Å². The van der Waals surface area contributed by atoms with Crippen LogP contribution in [0.15, 0.2) is 66.2 Å². The summed E-state index contributed by atoms with van der Waals surface area (Å²) in [5.74, 6) is 0.510. The molecule has 3 rings (SSSR count). The maximum Gasteiger partial charge on any atom is 0.255 e. The van der Waals surface area contributed by atoms with Crippen molar-refractivity contribution in [3.05, 3.63) is 72.4 Å². The lowest BCUT2D eigenvalue weighted by atomic mass is 10.1. The van der Waals surface area contributed by atoms with Crippen molar-refractivity contribution in [2.75, 3.05) is 13.3 Å². The lowest BCUT2D eigenvalue weighted by Crippen LogP contribution is -2.29. The van der Waals surface area contributed by atoms with Gasteiger partial charge in [-0.05, 0) is 36.8 Å². The minimum absolute atomic E-state index is 0.167. The van der Waals surface area contributed by atoms with E-state index in [1.165, 1.54) is 12.5 Å². The van der Waals surface area contributed by atoms with Crippen molar-refractivity contribution in [1.29, 1.82) is 0 Å². The standard InChI is InChI=1S/C19H20N4O3S/c1-14(15-4-7-17(8-5-15)27(3,25)26)22(2)19(24)16-6-9-18(21-12-16)23-11-10-20-13-23/h4-14H,1-3H3. The number of hydrogen-bond donors (Lipinski definition) is 0. The van der Waals surface area contributed by atoms with E-state index >= 15 is 0 Å². The summed E-state index contributed by atoms with van der Waals surface area (Å²) >= 11 is 0. The number of sulfone groups is 1. The van der Waals surface area contributed by atoms with E-state index in [2.05, 4.69) is 9.97 Å². The van der Waals surface area contributed by atoms with Crippen LogP contribution in [0, 0.1) is 0 Å². The van der Waals surface area contributed by atoms with Gasteiger partial charge < -0.3 is 4.90 Å². The molecule has 0 radical (unpaired) electrons. The van der Waals surface area contributed by atoms with Gasteiger partial charge in [0.1, 0.15) is 12.1 Å². The predicted octanol–water partition coefficient (Wildman–Crippen LogP) is 2.50. The van der Waals surface area contributed by atoms with Gasteiger partial charge in [0, 0.05) is 31.9 Å². The lowest BCUT2D eigenvalue weighted by Gasteiger charge is -2.25. The molecule has 7 nitrogen and oxygen atoms in total. The first kappa shape index (κ1) is 18.8. The van der Waals surface area contributed by atoms with Gasteiger partial charge in [0.15, 0.2) is 9.84 Å². The zero-order chi connectivity index (χ0) is 19.6. The Balaban J connectivity index is 1.76. The van der Waals surface area contributed by atoms with Gasteiger partial charge in [-0.3, -0.25) is 9.36 Å². The molecule has 1 atom stereocenters. The number of nitrogens with zero attached hydrogens (tertiary/aromatic N) is 4. The Bertz CT molecular complexity index is 1030. The van der Waals surface area contributed by atoms with Crippen molar-refractivity contribution < 1.29 is 13.2 Å². The third kappa shape index (κ3) is 4.06. The van der Waals surface area contributed by atoms with Crippen molar-refractivity contribution in [1.82, 2.24) is 19.4 Å². The molecule has 8 heteroatoms. The van der Waals surface area contributed by atoms with Crippen LogP contribution in [0.5, 0.6) is 0 Å². The molecule has 0 aliphatic rings. The minimum atomic E-state index is -3.24. The average Bonchev–Trinajstić information content (AvgIpc) is 3.20. The number of aromatic nitrogens is 3. The zero-order valence-corrected chi connectivity index (χ0v) is 16.1. The number of pyridine rings is 1. The summed E-state index contributed by atoms with van der Waals surface area (Å²) in [5.41, 5.74) is 1.32. The Morgan fingerprint density at radius 3 is 2.37 bits per heavy atom. The summed E-state index contributed by atoms with van der Waals surface area (Å²) in [7, 11) is -1.53. The quantitative estimate of drug-likeness (QED) is 0.675. The van der Waals surface area contributed by atoms with E-state index < -0.39 is 9.84 Å². The van der Waals surface area contributed by atoms with Gasteiger partial charge in [-0.1, -0.05) is 12.1 Å². The van der Waals surface area contributed by atoms with Crippen molar-refractivity contribution in [2.45, 2.75) is 17.9 Å². The smallest absolute Gasteiger partial charge is 0.255 e. The molecule has 2 heterocycles. The van der Waals surface area contributed by atoms with Crippen molar-refractivity contribution >= 4 is 15.7 Å². The Morgan fingerprint density at radius 2 is 1.85 bits per heavy atom. The van der Waals surface area contributed by atoms with Crippen molar-refractivity contribution in [3.8, 4) is 5.82 Å². The summed E-state index contributed by atoms with van der Waals surface area (Å²) < 4.78 is 24.9. The molecule has 1 aromatic carbocycles. The van der Waals surface area contributed by atoms with E-state index in [-0.39, 0.29) is 16.8 Å². The molecule has 0 bridgehead atoms. The lowest BCUT2D eigenvalue weighted by molar-refractivity contribution is 0.0742. The van der Waals surface area contributed by atoms with Crippen LogP contribution in [0.4, 0.5) is 0 Å². The van der Waals surface area contributed by atoms with Crippen LogP contribution >= 0.6 is 0 Å². The molecule has 140 valence electrons. The molecule has 27 heavy (non-hydrogen) atoms. The first-order valence-corrected chi connectivity index (χ1v) is 10.2. The molecule has 0 saturated carbocycles. The van der Waals surface area contributed by atoms with Crippen LogP contribution in [-0.2, 0) is 9.84 Å². The summed E-state index contributed by atoms with van der Waals surface area (Å²) in [5, 5.41) is 0. The predicted molar refractivity (Wildman–Crippen MR) is 101 cm³/mol. The summed E-state index contributed by atoms with van der Waals surface area (Å²) in [6.45, 7) is 1.89. The highest BCUT2D eigenvalue weighted by atomic mass is 32.2. The number of carbonyl (C=O) groups excluding carboxylic acids is 1. The largest absolute Gasteiger partial charge is 0.335 e. The van der Waals surface area contributed by atoms with Gasteiger partial charge in [-0.2, -0.15) is 0 Å². The Morgan fingerprint density at radius 1 is 1.15 bits per heavy atom. The highest BCUT2D eigenvalue weighted by Crippen LogP contribution is 2.22. The molecule has 0 saturated heterocycles. The summed E-state index contributed by atoms with van der Waals surface area (Å²) in [6, 6.07) is 9.83. The van der Waals surface area contributed by atoms with Crippen LogP contribution in [0.1, 0.15) is 28.9 Å². The molecule has 0 spiro atoms. The molecule has 0 N–H and O–H groups in total. The molecular formula is C19H20N4O3S. The van der Waals surface area contributed by atoms with E-state index in [0.29, 0.717) is 11.4 Å². The fraction of sp³-hybridized carbons (Fsp3) is 0.211. The number of imidazole rings is 1. The third-order valence-corrected chi connectivity index (χ3v) is 5.58. The second-order valence-corrected chi connectivity index (χ2v) is 8.32. The molecule has 0 aliphatic carbocycles. The maximum absolute atomic E-state index is 12.8. The molecule has 2 aromatic heterocycles. The van der Waals surface area contributed by atoms with Crippen LogP contribution in [0.2, 0.25) is 0 Å². The SMILES string of the molecule is CC(c1ccc(S(C)(=O)=O)cc1)N(C)C(=O)c1ccc(-n2ccnc2)nc1. The molecular weight excluding hydrogens is 364 g/mol. The van der Waals surface area contributed by atoms with E-state index in [1.807, 2.05) is 6.92 Å². The van der Waals surface area contributed by atoms with Crippen molar-refractivity contribution in [3.63, 3.8) is 0 Å². The normalized spacial score (nSPS) is 12.6. The number of hydrogen-bond acceptors (Lipinski definition) is 5. The van der Waals surface area contributed by atoms with Crippen LogP contribution in [-0.4, -0.2) is 47.1 Å². The first-order chi connectivity index (χ1) is 12.8. The van der Waals surface area contributed by atoms with Gasteiger partial charge in [-0.25, -0.2) is 18.4 Å². The van der Waals surface area contributed by atoms with Crippen LogP contribution < -0.4 is 0 Å². The molecule has 1 amide bonds. The van der Waals surface area contributed by atoms with E-state index in [0.717, 1.165) is 5.56 Å². The van der Waals surface area contributed by atoms with Crippen LogP contribution in [0.25, 0.3) is 5.82 Å². The van der Waals surface area contributed by atoms with Gasteiger partial charge >= 0.3 is 0 Å². The van der Waals surface area contributed by atoms with Gasteiger partial charge in [0.2, 0.25) is 0 Å². The van der Waals surface area contributed by atoms with E-state index in [4.69, 9.17) is 0 Å². The monoisotopic (exact) mass is 384 g/mol. The van der Waals surface area contributed by atoms with Gasteiger partial charge in [0.25, 0.3) is 5.91 Å². The summed E-state index contributed by atoms with van der Waals surface area (Å²) in [6.07, 6.45) is 7.77. The second kappa shape index (κ2) is 7.32. The van der Waals surface area contributed by atoms with Crippen molar-refractivity contribution in [2.24, 2.45) is 0 Å². The van der Waals surface area contributed by atoms with Crippen LogP contribution in [0.3, 0.4) is 0 Å². The highest BCUT2D eigenvalue weighted by Gasteiger charge is 2.20. The van der Waals surface area contributed by atoms with Gasteiger partial charge in [0.05, 0.1) is 16.5 Å². The average molecular weight is 384 g/mol. The Kier molecular flexibility index (Phi) is 5.09. The molecule has 3 aromatic rings. The zero-order valence-electron chi connectivity index (χ0n) is 15.3. The Labute approximate surface area is 158 Å². The minimum Gasteiger partial charge on any atom is -0.335 e.